The molecule has 1 aromatic rings. The van der Waals surface area contributed by atoms with Crippen molar-refractivity contribution in [2.45, 2.75) is 51.9 Å². The van der Waals surface area contributed by atoms with Gasteiger partial charge in [-0.05, 0) is 64.4 Å². The van der Waals surface area contributed by atoms with Gasteiger partial charge < -0.3 is 24.8 Å². The lowest BCUT2D eigenvalue weighted by Gasteiger charge is -2.32. The maximum absolute atomic E-state index is 9.49. The predicted octanol–water partition coefficient (Wildman–Crippen LogP) is 2.20. The molecule has 1 fully saturated rings. The van der Waals surface area contributed by atoms with Crippen molar-refractivity contribution in [2.75, 3.05) is 33.3 Å². The number of benzene rings is 1. The highest BCUT2D eigenvalue weighted by Crippen LogP contribution is 2.35. The fourth-order valence-electron chi connectivity index (χ4n) is 3.97. The molecule has 0 saturated carbocycles. The van der Waals surface area contributed by atoms with Crippen LogP contribution in [0.3, 0.4) is 0 Å². The Morgan fingerprint density at radius 1 is 1.36 bits per heavy atom. The molecule has 2 heterocycles. The Balaban J connectivity index is 1.47. The minimum atomic E-state index is -0.230. The standard InChI is InChI=1S/C20H32N2O3/c1-14(23)13-22-6-4-16(5-7-22)11-21-12-18-10-20-17(8-15(2)25-20)9-19(18)24-3/h9-10,14-16,21,23H,4-8,11-13H2,1-3H3/t14-,15-/m1/s1. The summed E-state index contributed by atoms with van der Waals surface area (Å²) in [5, 5.41) is 13.1. The second-order valence-corrected chi connectivity index (χ2v) is 7.63. The first-order valence-electron chi connectivity index (χ1n) is 9.52. The summed E-state index contributed by atoms with van der Waals surface area (Å²) in [5.41, 5.74) is 2.42. The molecule has 140 valence electrons. The van der Waals surface area contributed by atoms with Crippen LogP contribution in [0.25, 0.3) is 0 Å². The Kier molecular flexibility index (Phi) is 6.20. The molecule has 2 atom stereocenters. The van der Waals surface area contributed by atoms with E-state index in [1.165, 1.54) is 24.0 Å². The highest BCUT2D eigenvalue weighted by Gasteiger charge is 2.22. The second-order valence-electron chi connectivity index (χ2n) is 7.63. The molecule has 2 aliphatic rings. The van der Waals surface area contributed by atoms with E-state index < -0.39 is 0 Å². The number of aliphatic hydroxyl groups is 1. The molecule has 1 aromatic carbocycles. The van der Waals surface area contributed by atoms with Crippen molar-refractivity contribution >= 4 is 0 Å². The summed E-state index contributed by atoms with van der Waals surface area (Å²) in [5.74, 6) is 2.68. The van der Waals surface area contributed by atoms with Crippen LogP contribution in [0.5, 0.6) is 11.5 Å². The average molecular weight is 348 g/mol. The van der Waals surface area contributed by atoms with Crippen LogP contribution in [0.4, 0.5) is 0 Å². The van der Waals surface area contributed by atoms with E-state index in [0.29, 0.717) is 5.92 Å². The molecule has 0 spiro atoms. The van der Waals surface area contributed by atoms with Crippen molar-refractivity contribution < 1.29 is 14.6 Å². The van der Waals surface area contributed by atoms with E-state index in [-0.39, 0.29) is 12.2 Å². The van der Waals surface area contributed by atoms with Gasteiger partial charge in [0.05, 0.1) is 13.2 Å². The van der Waals surface area contributed by atoms with Crippen LogP contribution in [0.1, 0.15) is 37.8 Å². The Bertz CT molecular complexity index is 568. The molecule has 0 bridgehead atoms. The largest absolute Gasteiger partial charge is 0.496 e. The number of methoxy groups -OCH3 is 1. The number of likely N-dealkylation sites (tertiary alicyclic amines) is 1. The quantitative estimate of drug-likeness (QED) is 0.791. The van der Waals surface area contributed by atoms with Gasteiger partial charge in [-0.3, -0.25) is 0 Å². The lowest BCUT2D eigenvalue weighted by atomic mass is 9.96. The first-order valence-corrected chi connectivity index (χ1v) is 9.52. The van der Waals surface area contributed by atoms with E-state index in [1.807, 2.05) is 6.92 Å². The number of aliphatic hydroxyl groups excluding tert-OH is 1. The molecule has 5 nitrogen and oxygen atoms in total. The normalized spacial score (nSPS) is 22.5. The molecule has 0 aromatic heterocycles. The summed E-state index contributed by atoms with van der Waals surface area (Å²) in [7, 11) is 1.74. The molecule has 2 N–H and O–H groups in total. The van der Waals surface area contributed by atoms with E-state index >= 15 is 0 Å². The summed E-state index contributed by atoms with van der Waals surface area (Å²) in [6.07, 6.45) is 3.38. The second kappa shape index (κ2) is 8.39. The Morgan fingerprint density at radius 3 is 2.80 bits per heavy atom. The summed E-state index contributed by atoms with van der Waals surface area (Å²) in [6, 6.07) is 4.26. The maximum Gasteiger partial charge on any atom is 0.123 e. The summed E-state index contributed by atoms with van der Waals surface area (Å²) < 4.78 is 11.5. The highest BCUT2D eigenvalue weighted by atomic mass is 16.5. The van der Waals surface area contributed by atoms with Crippen molar-refractivity contribution in [2.24, 2.45) is 5.92 Å². The molecule has 0 radical (unpaired) electrons. The van der Waals surface area contributed by atoms with E-state index in [0.717, 1.165) is 50.6 Å². The smallest absolute Gasteiger partial charge is 0.123 e. The van der Waals surface area contributed by atoms with Gasteiger partial charge in [0, 0.05) is 30.6 Å². The van der Waals surface area contributed by atoms with Crippen LogP contribution in [0.15, 0.2) is 12.1 Å². The third kappa shape index (κ3) is 4.87. The SMILES string of the molecule is COc1cc2c(cc1CNCC1CCN(C[C@@H](C)O)CC1)O[C@H](C)C2. The fraction of sp³-hybridized carbons (Fsp3) is 0.700. The molecule has 5 heteroatoms. The molecule has 3 rings (SSSR count). The van der Waals surface area contributed by atoms with Crippen LogP contribution in [0, 0.1) is 5.92 Å². The number of nitrogens with one attached hydrogen (secondary N) is 1. The number of hydrogen-bond acceptors (Lipinski definition) is 5. The zero-order valence-electron chi connectivity index (χ0n) is 15.8. The summed E-state index contributed by atoms with van der Waals surface area (Å²) >= 11 is 0. The van der Waals surface area contributed by atoms with Crippen LogP contribution in [-0.2, 0) is 13.0 Å². The lowest BCUT2D eigenvalue weighted by Crippen LogP contribution is -2.40. The van der Waals surface area contributed by atoms with Crippen LogP contribution >= 0.6 is 0 Å². The highest BCUT2D eigenvalue weighted by molar-refractivity contribution is 5.48. The zero-order valence-corrected chi connectivity index (χ0v) is 15.8. The molecular weight excluding hydrogens is 316 g/mol. The van der Waals surface area contributed by atoms with Gasteiger partial charge in [-0.25, -0.2) is 0 Å². The molecule has 2 aliphatic heterocycles. The molecule has 0 aliphatic carbocycles. The molecule has 25 heavy (non-hydrogen) atoms. The number of rotatable bonds is 7. The van der Waals surface area contributed by atoms with Gasteiger partial charge in [0.25, 0.3) is 0 Å². The van der Waals surface area contributed by atoms with E-state index in [2.05, 4.69) is 29.3 Å². The third-order valence-electron chi connectivity index (χ3n) is 5.28. The monoisotopic (exact) mass is 348 g/mol. The number of piperidine rings is 1. The van der Waals surface area contributed by atoms with Crippen LogP contribution < -0.4 is 14.8 Å². The van der Waals surface area contributed by atoms with Gasteiger partial charge >= 0.3 is 0 Å². The Labute approximate surface area is 151 Å². The van der Waals surface area contributed by atoms with Gasteiger partial charge in [-0.2, -0.15) is 0 Å². The van der Waals surface area contributed by atoms with Gasteiger partial charge in [0.1, 0.15) is 17.6 Å². The minimum absolute atomic E-state index is 0.230. The Morgan fingerprint density at radius 2 is 2.12 bits per heavy atom. The van der Waals surface area contributed by atoms with Gasteiger partial charge in [-0.15, -0.1) is 0 Å². The topological polar surface area (TPSA) is 54.0 Å². The van der Waals surface area contributed by atoms with E-state index in [4.69, 9.17) is 9.47 Å². The lowest BCUT2D eigenvalue weighted by molar-refractivity contribution is 0.0998. The van der Waals surface area contributed by atoms with Crippen LogP contribution in [0.2, 0.25) is 0 Å². The van der Waals surface area contributed by atoms with Crippen molar-refractivity contribution in [1.82, 2.24) is 10.2 Å². The molecule has 0 unspecified atom stereocenters. The number of β-amino-alcohol motifs (C(OH)–C–C–N with tert-alkyl or cyclic N) is 1. The van der Waals surface area contributed by atoms with Crippen molar-refractivity contribution in [3.63, 3.8) is 0 Å². The summed E-state index contributed by atoms with van der Waals surface area (Å²) in [4.78, 5) is 2.36. The number of nitrogens with zero attached hydrogens (tertiary/aromatic N) is 1. The third-order valence-corrected chi connectivity index (χ3v) is 5.28. The van der Waals surface area contributed by atoms with Gasteiger partial charge in [-0.1, -0.05) is 0 Å². The number of hydrogen-bond donors (Lipinski definition) is 2. The fourth-order valence-corrected chi connectivity index (χ4v) is 3.97. The van der Waals surface area contributed by atoms with Crippen LogP contribution in [-0.4, -0.2) is 55.5 Å². The van der Waals surface area contributed by atoms with Gasteiger partial charge in [0.15, 0.2) is 0 Å². The number of ether oxygens (including phenoxy) is 2. The predicted molar refractivity (Wildman–Crippen MR) is 99.3 cm³/mol. The maximum atomic E-state index is 9.49. The summed E-state index contributed by atoms with van der Waals surface area (Å²) in [6.45, 7) is 8.78. The minimum Gasteiger partial charge on any atom is -0.496 e. The van der Waals surface area contributed by atoms with E-state index in [1.54, 1.807) is 7.11 Å². The van der Waals surface area contributed by atoms with Gasteiger partial charge in [0.2, 0.25) is 0 Å². The van der Waals surface area contributed by atoms with Crippen molar-refractivity contribution in [3.05, 3.63) is 23.3 Å². The molecule has 0 amide bonds. The molecule has 1 saturated heterocycles. The van der Waals surface area contributed by atoms with Crippen molar-refractivity contribution in [3.8, 4) is 11.5 Å². The first kappa shape index (κ1) is 18.5. The molecular formula is C20H32N2O3. The van der Waals surface area contributed by atoms with Crippen molar-refractivity contribution in [1.29, 1.82) is 0 Å². The van der Waals surface area contributed by atoms with E-state index in [9.17, 15) is 5.11 Å². The average Bonchev–Trinajstić information content (AvgIpc) is 2.94. The number of fused-ring (bicyclic) bond motifs is 1. The first-order chi connectivity index (χ1) is 12.0. The zero-order chi connectivity index (χ0) is 17.8. The Hall–Kier alpha value is -1.30.